The minimum Gasteiger partial charge on any atom is -0.368 e. The van der Waals surface area contributed by atoms with Gasteiger partial charge >= 0.3 is 6.18 Å². The number of nitrogens with two attached hydrogens (primary N) is 1. The first-order valence-corrected chi connectivity index (χ1v) is 6.40. The summed E-state index contributed by atoms with van der Waals surface area (Å²) < 4.78 is 37.1. The number of nitrogens with zero attached hydrogens (tertiary/aromatic N) is 1. The zero-order valence-electron chi connectivity index (χ0n) is 10.9. The molecule has 0 aromatic rings. The van der Waals surface area contributed by atoms with Crippen LogP contribution in [0.1, 0.15) is 39.0 Å². The number of likely N-dealkylation sites (tertiary alicyclic amines) is 1. The van der Waals surface area contributed by atoms with Crippen LogP contribution in [0.15, 0.2) is 0 Å². The fourth-order valence-electron chi connectivity index (χ4n) is 2.55. The summed E-state index contributed by atoms with van der Waals surface area (Å²) in [7, 11) is 0. The van der Waals surface area contributed by atoms with Crippen molar-refractivity contribution in [3.63, 3.8) is 0 Å². The van der Waals surface area contributed by atoms with E-state index >= 15 is 0 Å². The van der Waals surface area contributed by atoms with Gasteiger partial charge in [-0.15, -0.1) is 0 Å². The normalized spacial score (nSPS) is 23.1. The Balaban J connectivity index is 2.71. The summed E-state index contributed by atoms with van der Waals surface area (Å²) in [5.74, 6) is -1.70. The lowest BCUT2D eigenvalue weighted by Gasteiger charge is -2.27. The molecule has 0 bridgehead atoms. The van der Waals surface area contributed by atoms with E-state index < -0.39 is 36.4 Å². The second-order valence-corrected chi connectivity index (χ2v) is 4.95. The molecule has 0 aromatic carbocycles. The standard InChI is InChI=1S/C12H19F3N2O2/c1-2-9(11(16)19)17-5-3-4-8(6-10(17)18)7-12(13,14)15/h8-9H,2-7H2,1H3,(H2,16,19). The van der Waals surface area contributed by atoms with Crippen LogP contribution >= 0.6 is 0 Å². The molecule has 0 radical (unpaired) electrons. The molecule has 1 aliphatic heterocycles. The third kappa shape index (κ3) is 4.72. The second kappa shape index (κ2) is 6.25. The molecule has 1 heterocycles. The largest absolute Gasteiger partial charge is 0.389 e. The topological polar surface area (TPSA) is 63.4 Å². The first-order valence-electron chi connectivity index (χ1n) is 6.40. The van der Waals surface area contributed by atoms with Gasteiger partial charge < -0.3 is 10.6 Å². The van der Waals surface area contributed by atoms with Crippen molar-refractivity contribution in [2.24, 2.45) is 11.7 Å². The predicted octanol–water partition coefficient (Wildman–Crippen LogP) is 1.83. The molecular weight excluding hydrogens is 261 g/mol. The van der Waals surface area contributed by atoms with Crippen LogP contribution in [0.2, 0.25) is 0 Å². The number of carbonyl (C=O) groups excluding carboxylic acids is 2. The van der Waals surface area contributed by atoms with E-state index in [1.165, 1.54) is 4.90 Å². The zero-order chi connectivity index (χ0) is 14.6. The Bertz CT molecular complexity index is 344. The zero-order valence-corrected chi connectivity index (χ0v) is 10.9. The molecule has 19 heavy (non-hydrogen) atoms. The highest BCUT2D eigenvalue weighted by Crippen LogP contribution is 2.31. The molecule has 1 rings (SSSR count). The van der Waals surface area contributed by atoms with Gasteiger partial charge in [-0.25, -0.2) is 0 Å². The number of rotatable bonds is 4. The minimum absolute atomic E-state index is 0.163. The van der Waals surface area contributed by atoms with Gasteiger partial charge in [-0.05, 0) is 25.2 Å². The van der Waals surface area contributed by atoms with Gasteiger partial charge in [0.2, 0.25) is 11.8 Å². The second-order valence-electron chi connectivity index (χ2n) is 4.95. The van der Waals surface area contributed by atoms with Gasteiger partial charge in [0.05, 0.1) is 0 Å². The molecule has 0 aliphatic carbocycles. The number of hydrogen-bond donors (Lipinski definition) is 1. The molecule has 1 saturated heterocycles. The maximum Gasteiger partial charge on any atom is 0.389 e. The maximum atomic E-state index is 12.4. The maximum absolute atomic E-state index is 12.4. The quantitative estimate of drug-likeness (QED) is 0.854. The van der Waals surface area contributed by atoms with Crippen LogP contribution in [-0.2, 0) is 9.59 Å². The molecule has 1 fully saturated rings. The molecule has 110 valence electrons. The average Bonchev–Trinajstić information content (AvgIpc) is 2.39. The first kappa shape index (κ1) is 15.8. The summed E-state index contributed by atoms with van der Waals surface area (Å²) in [6, 6.07) is -0.711. The van der Waals surface area contributed by atoms with E-state index in [2.05, 4.69) is 0 Å². The summed E-state index contributed by atoms with van der Waals surface area (Å²) in [6.07, 6.45) is -4.17. The van der Waals surface area contributed by atoms with Crippen molar-refractivity contribution in [1.82, 2.24) is 4.90 Å². The lowest BCUT2D eigenvalue weighted by atomic mass is 9.96. The highest BCUT2D eigenvalue weighted by atomic mass is 19.4. The van der Waals surface area contributed by atoms with Crippen LogP contribution in [0, 0.1) is 5.92 Å². The van der Waals surface area contributed by atoms with Crippen molar-refractivity contribution in [2.75, 3.05) is 6.54 Å². The van der Waals surface area contributed by atoms with E-state index in [1.807, 2.05) is 0 Å². The SMILES string of the molecule is CCC(C(N)=O)N1CCCC(CC(F)(F)F)CC1=O. The van der Waals surface area contributed by atoms with Crippen LogP contribution in [0.3, 0.4) is 0 Å². The van der Waals surface area contributed by atoms with Crippen molar-refractivity contribution in [3.05, 3.63) is 0 Å². The average molecular weight is 280 g/mol. The van der Waals surface area contributed by atoms with E-state index in [4.69, 9.17) is 5.73 Å². The summed E-state index contributed by atoms with van der Waals surface area (Å²) in [5, 5.41) is 0. The van der Waals surface area contributed by atoms with Crippen molar-refractivity contribution < 1.29 is 22.8 Å². The van der Waals surface area contributed by atoms with Gasteiger partial charge in [-0.1, -0.05) is 6.92 Å². The molecule has 2 amide bonds. The summed E-state index contributed by atoms with van der Waals surface area (Å²) in [5.41, 5.74) is 5.21. The molecule has 2 N–H and O–H groups in total. The van der Waals surface area contributed by atoms with Gasteiger partial charge in [-0.2, -0.15) is 13.2 Å². The van der Waals surface area contributed by atoms with Crippen LogP contribution in [0.4, 0.5) is 13.2 Å². The monoisotopic (exact) mass is 280 g/mol. The van der Waals surface area contributed by atoms with E-state index in [1.54, 1.807) is 6.92 Å². The molecule has 0 spiro atoms. The van der Waals surface area contributed by atoms with E-state index in [9.17, 15) is 22.8 Å². The number of amides is 2. The minimum atomic E-state index is -4.26. The van der Waals surface area contributed by atoms with E-state index in [0.717, 1.165) is 0 Å². The van der Waals surface area contributed by atoms with E-state index in [-0.39, 0.29) is 6.42 Å². The summed E-state index contributed by atoms with van der Waals surface area (Å²) >= 11 is 0. The van der Waals surface area contributed by atoms with E-state index in [0.29, 0.717) is 25.8 Å². The van der Waals surface area contributed by atoms with Gasteiger partial charge in [0.1, 0.15) is 6.04 Å². The fraction of sp³-hybridized carbons (Fsp3) is 0.833. The Kier molecular flexibility index (Phi) is 5.20. The van der Waals surface area contributed by atoms with Crippen LogP contribution in [0.5, 0.6) is 0 Å². The Morgan fingerprint density at radius 1 is 1.53 bits per heavy atom. The van der Waals surface area contributed by atoms with Gasteiger partial charge in [0, 0.05) is 19.4 Å². The molecule has 1 aliphatic rings. The number of primary amides is 1. The summed E-state index contributed by atoms with van der Waals surface area (Å²) in [6.45, 7) is 2.02. The Labute approximate surface area is 110 Å². The molecule has 0 saturated carbocycles. The number of carbonyl (C=O) groups is 2. The molecule has 0 aromatic heterocycles. The fourth-order valence-corrected chi connectivity index (χ4v) is 2.55. The predicted molar refractivity (Wildman–Crippen MR) is 63.0 cm³/mol. The third-order valence-corrected chi connectivity index (χ3v) is 3.41. The first-order chi connectivity index (χ1) is 8.74. The van der Waals surface area contributed by atoms with Crippen LogP contribution < -0.4 is 5.73 Å². The summed E-state index contributed by atoms with van der Waals surface area (Å²) in [4.78, 5) is 24.5. The number of hydrogen-bond acceptors (Lipinski definition) is 2. The van der Waals surface area contributed by atoms with Gasteiger partial charge in [0.15, 0.2) is 0 Å². The Morgan fingerprint density at radius 3 is 2.63 bits per heavy atom. The van der Waals surface area contributed by atoms with Crippen LogP contribution in [0.25, 0.3) is 0 Å². The lowest BCUT2D eigenvalue weighted by Crippen LogP contribution is -2.47. The molecule has 2 atom stereocenters. The molecular formula is C12H19F3N2O2. The molecule has 2 unspecified atom stereocenters. The van der Waals surface area contributed by atoms with Crippen molar-refractivity contribution in [3.8, 4) is 0 Å². The van der Waals surface area contributed by atoms with Crippen molar-refractivity contribution >= 4 is 11.8 Å². The number of alkyl halides is 3. The third-order valence-electron chi connectivity index (χ3n) is 3.41. The Hall–Kier alpha value is -1.27. The van der Waals surface area contributed by atoms with Crippen molar-refractivity contribution in [2.45, 2.75) is 51.2 Å². The molecule has 7 heteroatoms. The Morgan fingerprint density at radius 2 is 2.16 bits per heavy atom. The highest BCUT2D eigenvalue weighted by molar-refractivity contribution is 5.86. The highest BCUT2D eigenvalue weighted by Gasteiger charge is 2.36. The smallest absolute Gasteiger partial charge is 0.368 e. The van der Waals surface area contributed by atoms with Gasteiger partial charge in [0.25, 0.3) is 0 Å². The number of halogens is 3. The molecule has 4 nitrogen and oxygen atoms in total. The van der Waals surface area contributed by atoms with Crippen molar-refractivity contribution in [1.29, 1.82) is 0 Å². The lowest BCUT2D eigenvalue weighted by molar-refractivity contribution is -0.149. The van der Waals surface area contributed by atoms with Crippen LogP contribution in [-0.4, -0.2) is 35.5 Å². The van der Waals surface area contributed by atoms with Gasteiger partial charge in [-0.3, -0.25) is 9.59 Å².